The molecule has 0 radical (unpaired) electrons. The molecule has 2 aliphatic rings. The number of para-hydroxylation sites is 1. The number of fused-ring (bicyclic) bond motifs is 1. The van der Waals surface area contributed by atoms with E-state index < -0.39 is 18.1 Å². The number of rotatable bonds is 3. The molecular formula is C25H21FN2O3. The molecule has 6 heteroatoms. The monoisotopic (exact) mass is 416 g/mol. The Hall–Kier alpha value is -3.51. The Morgan fingerprint density at radius 3 is 2.26 bits per heavy atom. The number of benzene rings is 3. The largest absolute Gasteiger partial charge is 0.273 e. The summed E-state index contributed by atoms with van der Waals surface area (Å²) in [4.78, 5) is 34.3. The Kier molecular flexibility index (Phi) is 4.59. The van der Waals surface area contributed by atoms with Crippen molar-refractivity contribution in [3.63, 3.8) is 0 Å². The summed E-state index contributed by atoms with van der Waals surface area (Å²) in [5.41, 5.74) is 3.91. The van der Waals surface area contributed by atoms with Crippen LogP contribution in [-0.4, -0.2) is 17.9 Å². The topological polar surface area (TPSA) is 49.9 Å². The van der Waals surface area contributed by atoms with E-state index >= 15 is 0 Å². The summed E-state index contributed by atoms with van der Waals surface area (Å²) in [6, 6.07) is 20.4. The summed E-state index contributed by atoms with van der Waals surface area (Å²) in [6.07, 6.45) is -0.941. The summed E-state index contributed by atoms with van der Waals surface area (Å²) in [6.45, 7) is 3.84. The number of hydroxylamine groups is 1. The summed E-state index contributed by atoms with van der Waals surface area (Å²) in [7, 11) is 0. The fourth-order valence-electron chi connectivity index (χ4n) is 4.51. The van der Waals surface area contributed by atoms with Crippen LogP contribution in [0, 0.1) is 25.6 Å². The quantitative estimate of drug-likeness (QED) is 0.590. The molecule has 0 unspecified atom stereocenters. The number of carbonyl (C=O) groups excluding carboxylic acids is 2. The lowest BCUT2D eigenvalue weighted by molar-refractivity contribution is -0.126. The van der Waals surface area contributed by atoms with Crippen molar-refractivity contribution in [1.82, 2.24) is 0 Å². The van der Waals surface area contributed by atoms with E-state index in [1.54, 1.807) is 23.3 Å². The lowest BCUT2D eigenvalue weighted by Crippen LogP contribution is -2.37. The molecule has 0 saturated carbocycles. The van der Waals surface area contributed by atoms with Gasteiger partial charge in [-0.2, -0.15) is 0 Å². The second-order valence-electron chi connectivity index (χ2n) is 8.01. The summed E-state index contributed by atoms with van der Waals surface area (Å²) in [5, 5.41) is 1.61. The van der Waals surface area contributed by atoms with Crippen LogP contribution in [0.25, 0.3) is 0 Å². The third-order valence-electron chi connectivity index (χ3n) is 5.93. The van der Waals surface area contributed by atoms with Crippen LogP contribution in [0.15, 0.2) is 72.8 Å². The number of aryl methyl sites for hydroxylation is 2. The molecule has 0 bridgehead atoms. The SMILES string of the molecule is Cc1ccc(N2C(=O)[C@@H]3[C@@H](c4ccc(F)cc4)N(c4ccccc4)O[C@H]3C2=O)c(C)c1. The molecule has 2 aliphatic heterocycles. The zero-order valence-corrected chi connectivity index (χ0v) is 17.2. The van der Waals surface area contributed by atoms with Gasteiger partial charge >= 0.3 is 0 Å². The smallest absolute Gasteiger partial charge is 0.266 e. The average Bonchev–Trinajstić information content (AvgIpc) is 3.26. The minimum absolute atomic E-state index is 0.310. The Balaban J connectivity index is 1.59. The predicted molar refractivity (Wildman–Crippen MR) is 115 cm³/mol. The van der Waals surface area contributed by atoms with E-state index in [0.29, 0.717) is 11.3 Å². The maximum absolute atomic E-state index is 13.6. The Labute approximate surface area is 179 Å². The first-order valence-electron chi connectivity index (χ1n) is 10.2. The van der Waals surface area contributed by atoms with Crippen molar-refractivity contribution in [3.05, 3.63) is 95.3 Å². The molecule has 2 amide bonds. The second-order valence-corrected chi connectivity index (χ2v) is 8.01. The van der Waals surface area contributed by atoms with Gasteiger partial charge in [0.2, 0.25) is 5.91 Å². The van der Waals surface area contributed by atoms with Crippen molar-refractivity contribution >= 4 is 23.2 Å². The normalized spacial score (nSPS) is 22.9. The Bertz CT molecular complexity index is 1160. The predicted octanol–water partition coefficient (Wildman–Crippen LogP) is 4.49. The molecule has 2 saturated heterocycles. The van der Waals surface area contributed by atoms with Crippen molar-refractivity contribution in [2.75, 3.05) is 9.96 Å². The lowest BCUT2D eigenvalue weighted by Gasteiger charge is -2.29. The maximum Gasteiger partial charge on any atom is 0.266 e. The molecule has 31 heavy (non-hydrogen) atoms. The van der Waals surface area contributed by atoms with E-state index in [0.717, 1.165) is 16.8 Å². The highest BCUT2D eigenvalue weighted by Gasteiger charge is 2.60. The van der Waals surface area contributed by atoms with E-state index in [2.05, 4.69) is 0 Å². The number of amides is 2. The average molecular weight is 416 g/mol. The molecule has 0 aromatic heterocycles. The minimum atomic E-state index is -0.941. The molecular weight excluding hydrogens is 395 g/mol. The van der Waals surface area contributed by atoms with Gasteiger partial charge in [-0.05, 0) is 55.3 Å². The molecule has 3 aromatic carbocycles. The highest BCUT2D eigenvalue weighted by molar-refractivity contribution is 6.24. The lowest BCUT2D eigenvalue weighted by atomic mass is 9.90. The zero-order chi connectivity index (χ0) is 21.7. The van der Waals surface area contributed by atoms with E-state index in [9.17, 15) is 14.0 Å². The van der Waals surface area contributed by atoms with Crippen molar-refractivity contribution < 1.29 is 18.8 Å². The van der Waals surface area contributed by atoms with E-state index in [1.807, 2.05) is 56.3 Å². The van der Waals surface area contributed by atoms with Gasteiger partial charge in [-0.25, -0.2) is 14.4 Å². The molecule has 0 aliphatic carbocycles. The summed E-state index contributed by atoms with van der Waals surface area (Å²) < 4.78 is 13.6. The highest BCUT2D eigenvalue weighted by Crippen LogP contribution is 2.47. The molecule has 3 aromatic rings. The first kappa shape index (κ1) is 19.5. The van der Waals surface area contributed by atoms with Gasteiger partial charge in [0.1, 0.15) is 11.7 Å². The molecule has 0 N–H and O–H groups in total. The Morgan fingerprint density at radius 2 is 1.58 bits per heavy atom. The van der Waals surface area contributed by atoms with Gasteiger partial charge in [-0.1, -0.05) is 48.0 Å². The van der Waals surface area contributed by atoms with Crippen molar-refractivity contribution in [3.8, 4) is 0 Å². The molecule has 5 nitrogen and oxygen atoms in total. The van der Waals surface area contributed by atoms with Gasteiger partial charge in [0.25, 0.3) is 5.91 Å². The molecule has 3 atom stereocenters. The third kappa shape index (κ3) is 3.11. The first-order chi connectivity index (χ1) is 15.0. The molecule has 2 fully saturated rings. The van der Waals surface area contributed by atoms with Crippen LogP contribution in [0.1, 0.15) is 22.7 Å². The van der Waals surface area contributed by atoms with Crippen LogP contribution in [0.2, 0.25) is 0 Å². The van der Waals surface area contributed by atoms with Crippen LogP contribution in [0.5, 0.6) is 0 Å². The number of hydrogen-bond acceptors (Lipinski definition) is 4. The van der Waals surface area contributed by atoms with Crippen LogP contribution >= 0.6 is 0 Å². The molecule has 5 rings (SSSR count). The number of halogens is 1. The zero-order valence-electron chi connectivity index (χ0n) is 17.2. The van der Waals surface area contributed by atoms with Gasteiger partial charge in [0, 0.05) is 0 Å². The van der Waals surface area contributed by atoms with Gasteiger partial charge in [0.15, 0.2) is 6.10 Å². The fourth-order valence-corrected chi connectivity index (χ4v) is 4.51. The summed E-state index contributed by atoms with van der Waals surface area (Å²) >= 11 is 0. The molecule has 0 spiro atoms. The second kappa shape index (κ2) is 7.32. The van der Waals surface area contributed by atoms with Crippen molar-refractivity contribution in [2.24, 2.45) is 5.92 Å². The van der Waals surface area contributed by atoms with E-state index in [4.69, 9.17) is 4.84 Å². The number of nitrogens with zero attached hydrogens (tertiary/aromatic N) is 2. The van der Waals surface area contributed by atoms with Gasteiger partial charge < -0.3 is 0 Å². The van der Waals surface area contributed by atoms with Crippen LogP contribution < -0.4 is 9.96 Å². The minimum Gasteiger partial charge on any atom is -0.273 e. The van der Waals surface area contributed by atoms with Crippen LogP contribution in [0.4, 0.5) is 15.8 Å². The van der Waals surface area contributed by atoms with Crippen LogP contribution in [0.3, 0.4) is 0 Å². The number of imide groups is 1. The molecule has 156 valence electrons. The number of hydrogen-bond donors (Lipinski definition) is 0. The molecule has 2 heterocycles. The van der Waals surface area contributed by atoms with Gasteiger partial charge in [-0.3, -0.25) is 14.4 Å². The fraction of sp³-hybridized carbons (Fsp3) is 0.200. The first-order valence-corrected chi connectivity index (χ1v) is 10.2. The van der Waals surface area contributed by atoms with Gasteiger partial charge in [0.05, 0.1) is 17.4 Å². The summed E-state index contributed by atoms with van der Waals surface area (Å²) in [5.74, 6) is -1.79. The van der Waals surface area contributed by atoms with Gasteiger partial charge in [-0.15, -0.1) is 0 Å². The number of carbonyl (C=O) groups is 2. The standard InChI is InChI=1S/C25H21FN2O3/c1-15-8-13-20(16(2)14-15)27-24(29)21-22(17-9-11-18(26)12-10-17)28(31-23(21)25(27)30)19-6-4-3-5-7-19/h3-14,21-23H,1-2H3/t21-,22-,23-/m1/s1. The van der Waals surface area contributed by atoms with E-state index in [1.165, 1.54) is 17.0 Å². The van der Waals surface area contributed by atoms with Crippen molar-refractivity contribution in [2.45, 2.75) is 26.0 Å². The van der Waals surface area contributed by atoms with Crippen molar-refractivity contribution in [1.29, 1.82) is 0 Å². The Morgan fingerprint density at radius 1 is 0.871 bits per heavy atom. The third-order valence-corrected chi connectivity index (χ3v) is 5.93. The maximum atomic E-state index is 13.6. The number of anilines is 2. The highest BCUT2D eigenvalue weighted by atomic mass is 19.1. The van der Waals surface area contributed by atoms with E-state index in [-0.39, 0.29) is 17.6 Å². The van der Waals surface area contributed by atoms with Crippen LogP contribution in [-0.2, 0) is 14.4 Å².